The fourth-order valence-electron chi connectivity index (χ4n) is 1.23. The van der Waals surface area contributed by atoms with E-state index in [0.717, 1.165) is 16.6 Å². The number of rotatable bonds is 3. The summed E-state index contributed by atoms with van der Waals surface area (Å²) < 4.78 is 7.04. The van der Waals surface area contributed by atoms with Gasteiger partial charge in [0.25, 0.3) is 0 Å². The maximum Gasteiger partial charge on any atom is 0.242 e. The Hall–Kier alpha value is -0.283. The smallest absolute Gasteiger partial charge is 0.242 e. The number of benzene rings is 1. The van der Waals surface area contributed by atoms with Crippen molar-refractivity contribution in [2.24, 2.45) is 0 Å². The van der Waals surface area contributed by atoms with Gasteiger partial charge in [0.1, 0.15) is 5.75 Å². The Labute approximate surface area is 95.7 Å². The molecule has 0 aromatic heterocycles. The van der Waals surface area contributed by atoms with Crippen molar-refractivity contribution in [3.63, 3.8) is 0 Å². The molecule has 0 heterocycles. The highest BCUT2D eigenvalue weighted by molar-refractivity contribution is 9.10. The maximum atomic E-state index is 5.89. The van der Waals surface area contributed by atoms with Gasteiger partial charge in [-0.05, 0) is 43.8 Å². The molecule has 0 aliphatic rings. The van der Waals surface area contributed by atoms with Crippen molar-refractivity contribution in [2.45, 2.75) is 33.0 Å². The molecular weight excluding hydrogens is 256 g/mol. The van der Waals surface area contributed by atoms with Gasteiger partial charge in [-0.2, -0.15) is 0 Å². The second-order valence-corrected chi connectivity index (χ2v) is 9.60. The summed E-state index contributed by atoms with van der Waals surface area (Å²) >= 11 is 3.55. The van der Waals surface area contributed by atoms with Gasteiger partial charge in [-0.1, -0.05) is 28.9 Å². The molecule has 0 N–H and O–H groups in total. The van der Waals surface area contributed by atoms with E-state index in [1.165, 1.54) is 5.56 Å². The lowest BCUT2D eigenvalue weighted by Crippen LogP contribution is -2.29. The topological polar surface area (TPSA) is 9.23 Å². The maximum absolute atomic E-state index is 5.89. The number of hydrogen-bond acceptors (Lipinski definition) is 1. The summed E-state index contributed by atoms with van der Waals surface area (Å²) in [6.07, 6.45) is 1.05. The van der Waals surface area contributed by atoms with Crippen LogP contribution in [0.5, 0.6) is 5.75 Å². The van der Waals surface area contributed by atoms with E-state index in [4.69, 9.17) is 4.43 Å². The molecule has 0 aliphatic carbocycles. The molecule has 1 rings (SSSR count). The Morgan fingerprint density at radius 3 is 2.36 bits per heavy atom. The van der Waals surface area contributed by atoms with Gasteiger partial charge >= 0.3 is 0 Å². The minimum Gasteiger partial charge on any atom is -0.544 e. The molecule has 3 heteroatoms. The van der Waals surface area contributed by atoms with Crippen molar-refractivity contribution in [2.75, 3.05) is 0 Å². The van der Waals surface area contributed by atoms with E-state index in [1.807, 2.05) is 0 Å². The van der Waals surface area contributed by atoms with Crippen LogP contribution in [0, 0.1) is 0 Å². The first kappa shape index (κ1) is 11.8. The zero-order valence-corrected chi connectivity index (χ0v) is 11.8. The first-order valence-corrected chi connectivity index (χ1v) is 9.10. The number of hydrogen-bond donors (Lipinski definition) is 0. The Balaban J connectivity index is 2.87. The predicted octanol–water partition coefficient (Wildman–Crippen LogP) is 4.23. The van der Waals surface area contributed by atoms with E-state index in [-0.39, 0.29) is 0 Å². The fraction of sp³-hybridized carbons (Fsp3) is 0.455. The van der Waals surface area contributed by atoms with Gasteiger partial charge in [0.2, 0.25) is 8.32 Å². The van der Waals surface area contributed by atoms with Crippen LogP contribution in [-0.4, -0.2) is 8.32 Å². The normalized spacial score (nSPS) is 11.5. The average Bonchev–Trinajstić information content (AvgIpc) is 2.01. The average molecular weight is 273 g/mol. The molecule has 1 aromatic rings. The molecule has 1 nitrogen and oxygen atoms in total. The van der Waals surface area contributed by atoms with E-state index in [1.54, 1.807) is 0 Å². The molecule has 0 atom stereocenters. The molecule has 0 bridgehead atoms. The van der Waals surface area contributed by atoms with Gasteiger partial charge < -0.3 is 4.43 Å². The number of aryl methyl sites for hydroxylation is 1. The van der Waals surface area contributed by atoms with Crippen molar-refractivity contribution in [1.29, 1.82) is 0 Å². The van der Waals surface area contributed by atoms with Crippen LogP contribution >= 0.6 is 15.9 Å². The fourth-order valence-corrected chi connectivity index (χ4v) is 2.70. The molecule has 0 amide bonds. The van der Waals surface area contributed by atoms with Gasteiger partial charge in [0, 0.05) is 4.47 Å². The highest BCUT2D eigenvalue weighted by Gasteiger charge is 2.16. The molecule has 0 aliphatic heterocycles. The molecule has 0 spiro atoms. The zero-order valence-electron chi connectivity index (χ0n) is 9.23. The largest absolute Gasteiger partial charge is 0.544 e. The molecule has 0 fully saturated rings. The SMILES string of the molecule is CCc1ccc(O[Si](C)(C)C)cc1Br. The van der Waals surface area contributed by atoms with Crippen LogP contribution in [0.4, 0.5) is 0 Å². The molecular formula is C11H17BrOSi. The second kappa shape index (κ2) is 4.49. The lowest BCUT2D eigenvalue weighted by Gasteiger charge is -2.19. The minimum atomic E-state index is -1.47. The summed E-state index contributed by atoms with van der Waals surface area (Å²) in [6.45, 7) is 8.72. The van der Waals surface area contributed by atoms with Crippen molar-refractivity contribution >= 4 is 24.2 Å². The highest BCUT2D eigenvalue weighted by atomic mass is 79.9. The Bertz CT molecular complexity index is 318. The lowest BCUT2D eigenvalue weighted by molar-refractivity contribution is 0.557. The second-order valence-electron chi connectivity index (χ2n) is 4.32. The molecule has 0 unspecified atom stereocenters. The standard InChI is InChI=1S/C11H17BrOSi/c1-5-9-6-7-10(8-11(9)12)13-14(2,3)4/h6-8H,5H2,1-4H3. The van der Waals surface area contributed by atoms with Gasteiger partial charge in [0.05, 0.1) is 0 Å². The van der Waals surface area contributed by atoms with Crippen LogP contribution < -0.4 is 4.43 Å². The summed E-state index contributed by atoms with van der Waals surface area (Å²) in [4.78, 5) is 0. The molecule has 1 aromatic carbocycles. The molecule has 78 valence electrons. The van der Waals surface area contributed by atoms with E-state index in [2.05, 4.69) is 60.7 Å². The molecule has 14 heavy (non-hydrogen) atoms. The van der Waals surface area contributed by atoms with Crippen molar-refractivity contribution in [1.82, 2.24) is 0 Å². The van der Waals surface area contributed by atoms with Crippen molar-refractivity contribution in [3.8, 4) is 5.75 Å². The van der Waals surface area contributed by atoms with Crippen LogP contribution in [0.1, 0.15) is 12.5 Å². The summed E-state index contributed by atoms with van der Waals surface area (Å²) in [6, 6.07) is 6.25. The van der Waals surface area contributed by atoms with E-state index < -0.39 is 8.32 Å². The van der Waals surface area contributed by atoms with E-state index in [0.29, 0.717) is 0 Å². The van der Waals surface area contributed by atoms with Gasteiger partial charge in [-0.25, -0.2) is 0 Å². The van der Waals surface area contributed by atoms with Crippen LogP contribution in [0.15, 0.2) is 22.7 Å². The first-order valence-electron chi connectivity index (χ1n) is 4.90. The monoisotopic (exact) mass is 272 g/mol. The van der Waals surface area contributed by atoms with Crippen molar-refractivity contribution < 1.29 is 4.43 Å². The van der Waals surface area contributed by atoms with Crippen LogP contribution in [0.2, 0.25) is 19.6 Å². The van der Waals surface area contributed by atoms with Gasteiger partial charge in [-0.3, -0.25) is 0 Å². The molecule has 0 saturated heterocycles. The van der Waals surface area contributed by atoms with Gasteiger partial charge in [0.15, 0.2) is 0 Å². The minimum absolute atomic E-state index is 0.980. The van der Waals surface area contributed by atoms with Crippen LogP contribution in [-0.2, 0) is 6.42 Å². The summed E-state index contributed by atoms with van der Waals surface area (Å²) in [5.74, 6) is 0.980. The third-order valence-corrected chi connectivity index (χ3v) is 3.42. The first-order chi connectivity index (χ1) is 6.42. The molecule has 0 radical (unpaired) electrons. The Kier molecular flexibility index (Phi) is 3.78. The summed E-state index contributed by atoms with van der Waals surface area (Å²) in [5.41, 5.74) is 1.33. The third-order valence-electron chi connectivity index (χ3n) is 1.83. The quantitative estimate of drug-likeness (QED) is 0.749. The molecule has 0 saturated carbocycles. The highest BCUT2D eigenvalue weighted by Crippen LogP contribution is 2.25. The zero-order chi connectivity index (χ0) is 10.8. The van der Waals surface area contributed by atoms with E-state index in [9.17, 15) is 0 Å². The predicted molar refractivity (Wildman–Crippen MR) is 67.5 cm³/mol. The lowest BCUT2D eigenvalue weighted by atomic mass is 10.2. The third kappa shape index (κ3) is 3.46. The summed E-state index contributed by atoms with van der Waals surface area (Å²) in [7, 11) is -1.47. The Morgan fingerprint density at radius 2 is 1.93 bits per heavy atom. The van der Waals surface area contributed by atoms with Crippen LogP contribution in [0.25, 0.3) is 0 Å². The van der Waals surface area contributed by atoms with Gasteiger partial charge in [-0.15, -0.1) is 0 Å². The van der Waals surface area contributed by atoms with E-state index >= 15 is 0 Å². The van der Waals surface area contributed by atoms with Crippen molar-refractivity contribution in [3.05, 3.63) is 28.2 Å². The number of halogens is 1. The van der Waals surface area contributed by atoms with Crippen LogP contribution in [0.3, 0.4) is 0 Å². The summed E-state index contributed by atoms with van der Waals surface area (Å²) in [5, 5.41) is 0. The Morgan fingerprint density at radius 1 is 1.29 bits per heavy atom.